The van der Waals surface area contributed by atoms with Crippen molar-refractivity contribution in [3.05, 3.63) is 88.1 Å². The molecule has 1 aliphatic carbocycles. The van der Waals surface area contributed by atoms with E-state index < -0.39 is 6.04 Å². The Labute approximate surface area is 194 Å². The molecule has 3 aromatic rings. The molecule has 0 radical (unpaired) electrons. The second kappa shape index (κ2) is 10.6. The van der Waals surface area contributed by atoms with E-state index in [0.717, 1.165) is 48.1 Å². The molecule has 5 heteroatoms. The van der Waals surface area contributed by atoms with Gasteiger partial charge in [0, 0.05) is 11.7 Å². The van der Waals surface area contributed by atoms with Crippen molar-refractivity contribution in [3.63, 3.8) is 0 Å². The van der Waals surface area contributed by atoms with Crippen LogP contribution in [-0.2, 0) is 16.0 Å². The quantitative estimate of drug-likeness (QED) is 0.497. The average Bonchev–Trinajstić information content (AvgIpc) is 3.32. The highest BCUT2D eigenvalue weighted by Crippen LogP contribution is 2.30. The van der Waals surface area contributed by atoms with E-state index in [4.69, 9.17) is 0 Å². The van der Waals surface area contributed by atoms with E-state index >= 15 is 0 Å². The highest BCUT2D eigenvalue weighted by atomic mass is 32.1. The SMILES string of the molecule is Cc1ccc(N(C(=O)Cc2ccsc2)C(C(=O)NC2CCCCC2)c2ccccc2)cc1. The summed E-state index contributed by atoms with van der Waals surface area (Å²) in [6.45, 7) is 2.02. The number of carbonyl (C=O) groups is 2. The van der Waals surface area contributed by atoms with Gasteiger partial charge in [0.15, 0.2) is 0 Å². The van der Waals surface area contributed by atoms with Crippen LogP contribution in [-0.4, -0.2) is 17.9 Å². The first-order valence-electron chi connectivity index (χ1n) is 11.4. The Morgan fingerprint density at radius 3 is 2.38 bits per heavy atom. The summed E-state index contributed by atoms with van der Waals surface area (Å²) in [5.74, 6) is -0.192. The minimum atomic E-state index is -0.716. The van der Waals surface area contributed by atoms with Gasteiger partial charge in [-0.15, -0.1) is 0 Å². The van der Waals surface area contributed by atoms with Crippen LogP contribution in [0.15, 0.2) is 71.4 Å². The van der Waals surface area contributed by atoms with Crippen LogP contribution in [0.2, 0.25) is 0 Å². The first kappa shape index (κ1) is 22.3. The summed E-state index contributed by atoms with van der Waals surface area (Å²) in [7, 11) is 0. The number of hydrogen-bond acceptors (Lipinski definition) is 3. The zero-order chi connectivity index (χ0) is 22.3. The van der Waals surface area contributed by atoms with E-state index in [9.17, 15) is 9.59 Å². The summed E-state index contributed by atoms with van der Waals surface area (Å²) < 4.78 is 0. The van der Waals surface area contributed by atoms with Gasteiger partial charge >= 0.3 is 0 Å². The van der Waals surface area contributed by atoms with Gasteiger partial charge in [0.2, 0.25) is 11.8 Å². The van der Waals surface area contributed by atoms with Gasteiger partial charge in [-0.3, -0.25) is 14.5 Å². The van der Waals surface area contributed by atoms with Gasteiger partial charge in [-0.25, -0.2) is 0 Å². The van der Waals surface area contributed by atoms with Crippen molar-refractivity contribution in [3.8, 4) is 0 Å². The largest absolute Gasteiger partial charge is 0.351 e. The van der Waals surface area contributed by atoms with Crippen LogP contribution in [0.5, 0.6) is 0 Å². The molecule has 0 aliphatic heterocycles. The molecule has 4 rings (SSSR count). The topological polar surface area (TPSA) is 49.4 Å². The molecule has 1 atom stereocenters. The fourth-order valence-electron chi connectivity index (χ4n) is 4.38. The molecular weight excluding hydrogens is 416 g/mol. The summed E-state index contributed by atoms with van der Waals surface area (Å²) in [4.78, 5) is 29.0. The number of hydrogen-bond donors (Lipinski definition) is 1. The van der Waals surface area contributed by atoms with Crippen LogP contribution in [0, 0.1) is 6.92 Å². The second-order valence-corrected chi connectivity index (χ2v) is 9.34. The fourth-order valence-corrected chi connectivity index (χ4v) is 5.04. The third-order valence-electron chi connectivity index (χ3n) is 6.09. The third-order valence-corrected chi connectivity index (χ3v) is 6.82. The second-order valence-electron chi connectivity index (χ2n) is 8.56. The molecule has 1 aromatic heterocycles. The van der Waals surface area contributed by atoms with Crippen LogP contribution in [0.1, 0.15) is 54.8 Å². The number of aryl methyl sites for hydroxylation is 1. The average molecular weight is 447 g/mol. The molecule has 2 amide bonds. The highest BCUT2D eigenvalue weighted by molar-refractivity contribution is 7.08. The van der Waals surface area contributed by atoms with Crippen molar-refractivity contribution in [1.29, 1.82) is 0 Å². The van der Waals surface area contributed by atoms with Gasteiger partial charge < -0.3 is 5.32 Å². The predicted octanol–water partition coefficient (Wildman–Crippen LogP) is 5.82. The van der Waals surface area contributed by atoms with Crippen LogP contribution in [0.4, 0.5) is 5.69 Å². The van der Waals surface area contributed by atoms with Crippen molar-refractivity contribution in [2.75, 3.05) is 4.90 Å². The summed E-state index contributed by atoms with van der Waals surface area (Å²) >= 11 is 1.58. The highest BCUT2D eigenvalue weighted by Gasteiger charge is 2.34. The predicted molar refractivity (Wildman–Crippen MR) is 131 cm³/mol. The molecule has 0 spiro atoms. The van der Waals surface area contributed by atoms with E-state index in [0.29, 0.717) is 0 Å². The normalized spacial score (nSPS) is 15.2. The van der Waals surface area contributed by atoms with Gasteiger partial charge in [0.25, 0.3) is 0 Å². The smallest absolute Gasteiger partial charge is 0.248 e. The van der Waals surface area contributed by atoms with Gasteiger partial charge in [-0.2, -0.15) is 11.3 Å². The van der Waals surface area contributed by atoms with Crippen LogP contribution in [0.25, 0.3) is 0 Å². The molecule has 1 aliphatic rings. The number of amides is 2. The Hall–Kier alpha value is -2.92. The van der Waals surface area contributed by atoms with Crippen LogP contribution >= 0.6 is 11.3 Å². The zero-order valence-corrected chi connectivity index (χ0v) is 19.3. The monoisotopic (exact) mass is 446 g/mol. The van der Waals surface area contributed by atoms with E-state index in [-0.39, 0.29) is 24.3 Å². The molecule has 0 bridgehead atoms. The molecule has 1 heterocycles. The lowest BCUT2D eigenvalue weighted by atomic mass is 9.94. The summed E-state index contributed by atoms with van der Waals surface area (Å²) in [5.41, 5.74) is 3.64. The van der Waals surface area contributed by atoms with Crippen molar-refractivity contribution in [2.45, 2.75) is 57.5 Å². The lowest BCUT2D eigenvalue weighted by Crippen LogP contribution is -2.47. The molecule has 166 valence electrons. The summed E-state index contributed by atoms with van der Waals surface area (Å²) in [6.07, 6.45) is 5.77. The standard InChI is InChI=1S/C27H30N2O2S/c1-20-12-14-24(15-13-20)29(25(30)18-21-16-17-32-19-21)26(22-8-4-2-5-9-22)27(31)28-23-10-6-3-7-11-23/h2,4-5,8-9,12-17,19,23,26H,3,6-7,10-11,18H2,1H3,(H,28,31). The first-order valence-corrected chi connectivity index (χ1v) is 12.3. The molecule has 1 saturated carbocycles. The number of benzene rings is 2. The molecule has 4 nitrogen and oxygen atoms in total. The lowest BCUT2D eigenvalue weighted by Gasteiger charge is -2.33. The Bertz CT molecular complexity index is 1010. The molecule has 32 heavy (non-hydrogen) atoms. The molecule has 1 unspecified atom stereocenters. The van der Waals surface area contributed by atoms with E-state index in [1.165, 1.54) is 6.42 Å². The summed E-state index contributed by atoms with van der Waals surface area (Å²) in [5, 5.41) is 7.23. The third kappa shape index (κ3) is 5.46. The fraction of sp³-hybridized carbons (Fsp3) is 0.333. The van der Waals surface area contributed by atoms with E-state index in [2.05, 4.69) is 5.32 Å². The van der Waals surface area contributed by atoms with Crippen molar-refractivity contribution >= 4 is 28.8 Å². The number of anilines is 1. The van der Waals surface area contributed by atoms with Crippen LogP contribution in [0.3, 0.4) is 0 Å². The minimum Gasteiger partial charge on any atom is -0.351 e. The number of nitrogens with zero attached hydrogens (tertiary/aromatic N) is 1. The Morgan fingerprint density at radius 2 is 1.72 bits per heavy atom. The molecule has 1 N–H and O–H groups in total. The molecule has 1 fully saturated rings. The maximum absolute atomic E-state index is 13.7. The maximum atomic E-state index is 13.7. The number of thiophene rings is 1. The minimum absolute atomic E-state index is 0.0834. The van der Waals surface area contributed by atoms with E-state index in [1.54, 1.807) is 16.2 Å². The van der Waals surface area contributed by atoms with E-state index in [1.807, 2.05) is 78.3 Å². The number of rotatable bonds is 7. The van der Waals surface area contributed by atoms with Crippen molar-refractivity contribution < 1.29 is 9.59 Å². The molecule has 2 aromatic carbocycles. The number of carbonyl (C=O) groups excluding carboxylic acids is 2. The zero-order valence-electron chi connectivity index (χ0n) is 18.5. The lowest BCUT2D eigenvalue weighted by molar-refractivity contribution is -0.127. The van der Waals surface area contributed by atoms with Gasteiger partial charge in [0.1, 0.15) is 6.04 Å². The Balaban J connectivity index is 1.71. The van der Waals surface area contributed by atoms with Crippen molar-refractivity contribution in [2.24, 2.45) is 0 Å². The van der Waals surface area contributed by atoms with Gasteiger partial charge in [0.05, 0.1) is 6.42 Å². The maximum Gasteiger partial charge on any atom is 0.248 e. The molecular formula is C27H30N2O2S. The first-order chi connectivity index (χ1) is 15.6. The van der Waals surface area contributed by atoms with Crippen molar-refractivity contribution in [1.82, 2.24) is 5.32 Å². The van der Waals surface area contributed by atoms with Gasteiger partial charge in [-0.1, -0.05) is 67.3 Å². The Kier molecular flexibility index (Phi) is 7.38. The Morgan fingerprint density at radius 1 is 1.00 bits per heavy atom. The van der Waals surface area contributed by atoms with Gasteiger partial charge in [-0.05, 0) is 59.9 Å². The van der Waals surface area contributed by atoms with Crippen LogP contribution < -0.4 is 10.2 Å². The molecule has 0 saturated heterocycles. The number of nitrogens with one attached hydrogen (secondary N) is 1. The summed E-state index contributed by atoms with van der Waals surface area (Å²) in [6, 6.07) is 18.9.